The summed E-state index contributed by atoms with van der Waals surface area (Å²) < 4.78 is 9.65. The third-order valence-electron chi connectivity index (χ3n) is 4.68. The lowest BCUT2D eigenvalue weighted by Crippen LogP contribution is -2.38. The first-order chi connectivity index (χ1) is 16.2. The molecule has 0 aromatic heterocycles. The van der Waals surface area contributed by atoms with Crippen LogP contribution in [0.3, 0.4) is 0 Å². The summed E-state index contributed by atoms with van der Waals surface area (Å²) in [5.74, 6) is -0.712. The van der Waals surface area contributed by atoms with Crippen LogP contribution in [-0.4, -0.2) is 71.7 Å². The van der Waals surface area contributed by atoms with Gasteiger partial charge in [0.2, 0.25) is 0 Å². The number of carboxylic acid groups (broad SMARTS) is 1. The van der Waals surface area contributed by atoms with Gasteiger partial charge in [0, 0.05) is 33.2 Å². The van der Waals surface area contributed by atoms with Crippen LogP contribution in [0.25, 0.3) is 0 Å². The van der Waals surface area contributed by atoms with Gasteiger partial charge in [-0.2, -0.15) is 23.5 Å². The van der Waals surface area contributed by atoms with Crippen molar-refractivity contribution in [2.75, 3.05) is 30.6 Å². The second kappa shape index (κ2) is 24.7. The summed E-state index contributed by atoms with van der Waals surface area (Å²) in [5.41, 5.74) is 0. The minimum absolute atomic E-state index is 0.160. The molecular formula is C24H45NO7S2. The molecule has 2 atom stereocenters. The molecule has 0 saturated heterocycles. The number of amides is 1. The lowest BCUT2D eigenvalue weighted by molar-refractivity contribution is -0.162. The van der Waals surface area contributed by atoms with E-state index in [2.05, 4.69) is 17.0 Å². The standard InChI is InChI=1S/C17H33NO3S.C7H12O4S/c1-4-5-6-7-8-9-10-11-13-18-17(20)16(12-14-22-3)21-15(2)19;1-5(8)11-6(7(9)10)3-4-12-2/h16H,4-14H2,1-3H3,(H,18,20);6H,3-4H2,1-2H3,(H,9,10). The summed E-state index contributed by atoms with van der Waals surface area (Å²) in [6.45, 7) is 5.45. The third-order valence-corrected chi connectivity index (χ3v) is 5.97. The molecule has 0 aliphatic heterocycles. The second-order valence-corrected chi connectivity index (χ2v) is 9.83. The van der Waals surface area contributed by atoms with Crippen LogP contribution in [0.5, 0.6) is 0 Å². The minimum atomic E-state index is -1.08. The lowest BCUT2D eigenvalue weighted by atomic mass is 10.1. The van der Waals surface area contributed by atoms with E-state index < -0.39 is 30.1 Å². The van der Waals surface area contributed by atoms with Crippen molar-refractivity contribution in [3.63, 3.8) is 0 Å². The van der Waals surface area contributed by atoms with Gasteiger partial charge in [0.05, 0.1) is 0 Å². The Morgan fingerprint density at radius 2 is 1.21 bits per heavy atom. The molecule has 0 saturated carbocycles. The summed E-state index contributed by atoms with van der Waals surface area (Å²) in [6.07, 6.45) is 13.1. The third kappa shape index (κ3) is 23.7. The van der Waals surface area contributed by atoms with Crippen molar-refractivity contribution in [3.05, 3.63) is 0 Å². The van der Waals surface area contributed by atoms with Crippen LogP contribution in [0.15, 0.2) is 0 Å². The van der Waals surface area contributed by atoms with Crippen molar-refractivity contribution in [3.8, 4) is 0 Å². The predicted octanol–water partition coefficient (Wildman–Crippen LogP) is 4.68. The van der Waals surface area contributed by atoms with Gasteiger partial charge >= 0.3 is 17.9 Å². The van der Waals surface area contributed by atoms with E-state index >= 15 is 0 Å². The largest absolute Gasteiger partial charge is 0.479 e. The van der Waals surface area contributed by atoms with E-state index in [0.29, 0.717) is 25.1 Å². The fourth-order valence-electron chi connectivity index (χ4n) is 2.91. The smallest absolute Gasteiger partial charge is 0.345 e. The normalized spacial score (nSPS) is 12.0. The van der Waals surface area contributed by atoms with E-state index in [-0.39, 0.29) is 5.91 Å². The highest BCUT2D eigenvalue weighted by Crippen LogP contribution is 2.09. The maximum atomic E-state index is 12.0. The summed E-state index contributed by atoms with van der Waals surface area (Å²) in [7, 11) is 0. The van der Waals surface area contributed by atoms with Crippen LogP contribution in [0, 0.1) is 0 Å². The van der Waals surface area contributed by atoms with Crippen LogP contribution >= 0.6 is 23.5 Å². The number of hydrogen-bond acceptors (Lipinski definition) is 8. The number of unbranched alkanes of at least 4 members (excludes halogenated alkanes) is 7. The summed E-state index contributed by atoms with van der Waals surface area (Å²) >= 11 is 3.17. The van der Waals surface area contributed by atoms with Gasteiger partial charge < -0.3 is 19.9 Å². The average Bonchev–Trinajstić information content (AvgIpc) is 2.78. The molecule has 0 aromatic carbocycles. The number of carboxylic acids is 1. The molecule has 0 fully saturated rings. The molecule has 0 aromatic rings. The highest BCUT2D eigenvalue weighted by atomic mass is 32.2. The fraction of sp³-hybridized carbons (Fsp3) is 0.833. The number of rotatable bonds is 19. The molecule has 34 heavy (non-hydrogen) atoms. The Kier molecular flexibility index (Phi) is 25.2. The minimum Gasteiger partial charge on any atom is -0.479 e. The fourth-order valence-corrected chi connectivity index (χ4v) is 3.81. The van der Waals surface area contributed by atoms with Crippen LogP contribution in [0.2, 0.25) is 0 Å². The van der Waals surface area contributed by atoms with Crippen LogP contribution in [0.1, 0.15) is 85.0 Å². The number of thioether (sulfide) groups is 2. The second-order valence-electron chi connectivity index (χ2n) is 7.86. The Morgan fingerprint density at radius 3 is 1.65 bits per heavy atom. The topological polar surface area (TPSA) is 119 Å². The van der Waals surface area contributed by atoms with Gasteiger partial charge in [0.15, 0.2) is 12.2 Å². The predicted molar refractivity (Wildman–Crippen MR) is 140 cm³/mol. The monoisotopic (exact) mass is 523 g/mol. The highest BCUT2D eigenvalue weighted by molar-refractivity contribution is 7.98. The van der Waals surface area contributed by atoms with Crippen molar-refractivity contribution < 1.29 is 33.8 Å². The first kappa shape index (κ1) is 34.7. The van der Waals surface area contributed by atoms with Gasteiger partial charge in [-0.3, -0.25) is 14.4 Å². The average molecular weight is 524 g/mol. The number of nitrogens with one attached hydrogen (secondary N) is 1. The van der Waals surface area contributed by atoms with E-state index in [1.807, 2.05) is 12.5 Å². The Balaban J connectivity index is 0. The molecule has 0 rings (SSSR count). The van der Waals surface area contributed by atoms with Crippen molar-refractivity contribution >= 4 is 47.3 Å². The molecule has 2 N–H and O–H groups in total. The van der Waals surface area contributed by atoms with Crippen molar-refractivity contribution in [1.82, 2.24) is 5.32 Å². The first-order valence-corrected chi connectivity index (χ1v) is 14.8. The molecular weight excluding hydrogens is 478 g/mol. The molecule has 0 heterocycles. The van der Waals surface area contributed by atoms with Crippen molar-refractivity contribution in [1.29, 1.82) is 0 Å². The molecule has 0 bridgehead atoms. The molecule has 10 heteroatoms. The highest BCUT2D eigenvalue weighted by Gasteiger charge is 2.20. The number of carbonyl (C=O) groups is 4. The molecule has 0 radical (unpaired) electrons. The maximum absolute atomic E-state index is 12.0. The number of carbonyl (C=O) groups excluding carboxylic acids is 3. The molecule has 0 aliphatic rings. The van der Waals surface area contributed by atoms with Gasteiger partial charge in [0.1, 0.15) is 0 Å². The number of ether oxygens (including phenoxy) is 2. The van der Waals surface area contributed by atoms with Gasteiger partial charge in [-0.15, -0.1) is 0 Å². The number of hydrogen-bond donors (Lipinski definition) is 2. The molecule has 200 valence electrons. The molecule has 0 spiro atoms. The number of esters is 2. The van der Waals surface area contributed by atoms with E-state index in [0.717, 1.165) is 18.6 Å². The van der Waals surface area contributed by atoms with E-state index in [1.54, 1.807) is 11.8 Å². The zero-order chi connectivity index (χ0) is 26.2. The Labute approximate surface area is 214 Å². The SMILES string of the molecule is CCCCCCCCCCNC(=O)C(CCSC)OC(C)=O.CSCCC(OC(C)=O)C(=O)O. The van der Waals surface area contributed by atoms with Gasteiger partial charge in [-0.25, -0.2) is 4.79 Å². The van der Waals surface area contributed by atoms with Crippen LogP contribution < -0.4 is 5.32 Å². The van der Waals surface area contributed by atoms with Gasteiger partial charge in [-0.05, 0) is 30.4 Å². The zero-order valence-corrected chi connectivity index (χ0v) is 23.2. The van der Waals surface area contributed by atoms with Crippen LogP contribution in [0.4, 0.5) is 0 Å². The Morgan fingerprint density at radius 1 is 0.765 bits per heavy atom. The van der Waals surface area contributed by atoms with E-state index in [1.165, 1.54) is 64.1 Å². The van der Waals surface area contributed by atoms with Gasteiger partial charge in [-0.1, -0.05) is 51.9 Å². The zero-order valence-electron chi connectivity index (χ0n) is 21.6. The molecule has 1 amide bonds. The lowest BCUT2D eigenvalue weighted by Gasteiger charge is -2.16. The summed E-state index contributed by atoms with van der Waals surface area (Å²) in [4.78, 5) is 43.9. The summed E-state index contributed by atoms with van der Waals surface area (Å²) in [5, 5.41) is 11.4. The van der Waals surface area contributed by atoms with Crippen molar-refractivity contribution in [2.24, 2.45) is 0 Å². The number of aliphatic carboxylic acids is 1. The molecule has 0 aliphatic carbocycles. The quantitative estimate of drug-likeness (QED) is 0.184. The van der Waals surface area contributed by atoms with E-state index in [9.17, 15) is 19.2 Å². The molecule has 2 unspecified atom stereocenters. The summed E-state index contributed by atoms with van der Waals surface area (Å²) in [6, 6.07) is 0. The Bertz CT molecular complexity index is 561. The first-order valence-electron chi connectivity index (χ1n) is 12.0. The van der Waals surface area contributed by atoms with Crippen molar-refractivity contribution in [2.45, 2.75) is 97.2 Å². The molecule has 8 nitrogen and oxygen atoms in total. The van der Waals surface area contributed by atoms with Crippen LogP contribution in [-0.2, 0) is 28.7 Å². The Hall–Kier alpha value is -1.42. The maximum Gasteiger partial charge on any atom is 0.345 e. The van der Waals surface area contributed by atoms with E-state index in [4.69, 9.17) is 9.84 Å². The van der Waals surface area contributed by atoms with Gasteiger partial charge in [0.25, 0.3) is 5.91 Å².